The van der Waals surface area contributed by atoms with E-state index < -0.39 is 0 Å². The van der Waals surface area contributed by atoms with E-state index in [1.807, 2.05) is 43.5 Å². The Bertz CT molecular complexity index is 1100. The molecule has 0 aliphatic heterocycles. The molecule has 0 aliphatic rings. The van der Waals surface area contributed by atoms with Crippen LogP contribution in [-0.2, 0) is 4.74 Å². The van der Waals surface area contributed by atoms with Gasteiger partial charge in [0.15, 0.2) is 0 Å². The molecule has 0 N–H and O–H groups in total. The number of aromatic nitrogens is 2. The van der Waals surface area contributed by atoms with E-state index in [1.165, 1.54) is 5.56 Å². The van der Waals surface area contributed by atoms with Crippen LogP contribution in [-0.4, -0.2) is 16.2 Å². The van der Waals surface area contributed by atoms with Gasteiger partial charge in [-0.25, -0.2) is 4.98 Å². The summed E-state index contributed by atoms with van der Waals surface area (Å²) in [7, 11) is 0. The van der Waals surface area contributed by atoms with Crippen LogP contribution in [0.25, 0.3) is 17.1 Å². The Morgan fingerprint density at radius 1 is 0.966 bits per heavy atom. The Hall–Kier alpha value is -2.69. The van der Waals surface area contributed by atoms with Gasteiger partial charge >= 0.3 is 0 Å². The molecule has 4 rings (SSSR count). The van der Waals surface area contributed by atoms with Gasteiger partial charge in [0.1, 0.15) is 11.9 Å². The number of benzene rings is 3. The van der Waals surface area contributed by atoms with Gasteiger partial charge < -0.3 is 4.74 Å². The van der Waals surface area contributed by atoms with Crippen LogP contribution in [0.15, 0.2) is 89.5 Å². The molecule has 1 heterocycles. The van der Waals surface area contributed by atoms with Crippen molar-refractivity contribution in [2.45, 2.75) is 20.0 Å². The molecule has 4 aromatic rings. The van der Waals surface area contributed by atoms with Crippen LogP contribution in [0, 0.1) is 6.92 Å². The van der Waals surface area contributed by atoms with Gasteiger partial charge in [0.2, 0.25) is 0 Å². The summed E-state index contributed by atoms with van der Waals surface area (Å²) in [5, 5.41) is 0. The molecule has 0 saturated carbocycles. The van der Waals surface area contributed by atoms with Crippen molar-refractivity contribution in [3.8, 4) is 17.1 Å². The van der Waals surface area contributed by atoms with Gasteiger partial charge in [-0.1, -0.05) is 76.1 Å². The Kier molecular flexibility index (Phi) is 5.93. The first-order valence-electron chi connectivity index (χ1n) is 9.74. The lowest BCUT2D eigenvalue weighted by atomic mass is 10.1. The van der Waals surface area contributed by atoms with Crippen molar-refractivity contribution in [2.24, 2.45) is 0 Å². The predicted octanol–water partition coefficient (Wildman–Crippen LogP) is 6.74. The molecule has 1 aromatic heterocycles. The molecule has 4 heteroatoms. The maximum Gasteiger partial charge on any atom is 0.144 e. The second-order valence-electron chi connectivity index (χ2n) is 6.94. The normalized spacial score (nSPS) is 12.1. The Morgan fingerprint density at radius 2 is 1.76 bits per heavy atom. The zero-order valence-electron chi connectivity index (χ0n) is 16.5. The molecular weight excluding hydrogens is 424 g/mol. The van der Waals surface area contributed by atoms with Gasteiger partial charge in [-0.15, -0.1) is 0 Å². The van der Waals surface area contributed by atoms with Crippen molar-refractivity contribution in [1.82, 2.24) is 9.55 Å². The summed E-state index contributed by atoms with van der Waals surface area (Å²) in [4.78, 5) is 4.83. The fourth-order valence-electron chi connectivity index (χ4n) is 3.57. The Labute approximate surface area is 180 Å². The van der Waals surface area contributed by atoms with Crippen molar-refractivity contribution in [3.63, 3.8) is 0 Å². The first-order valence-corrected chi connectivity index (χ1v) is 10.5. The highest BCUT2D eigenvalue weighted by Gasteiger charge is 2.23. The fourth-order valence-corrected chi connectivity index (χ4v) is 3.96. The number of ether oxygens (including phenoxy) is 1. The zero-order valence-corrected chi connectivity index (χ0v) is 18.1. The largest absolute Gasteiger partial charge is 0.367 e. The topological polar surface area (TPSA) is 27.1 Å². The second-order valence-corrected chi connectivity index (χ2v) is 7.85. The van der Waals surface area contributed by atoms with Crippen LogP contribution in [0.1, 0.15) is 29.8 Å². The fraction of sp³-hybridized carbons (Fsp3) is 0.160. The molecule has 0 aliphatic carbocycles. The van der Waals surface area contributed by atoms with E-state index in [0.717, 1.165) is 32.8 Å². The average Bonchev–Trinajstić information content (AvgIpc) is 3.17. The van der Waals surface area contributed by atoms with Gasteiger partial charge in [-0.05, 0) is 43.7 Å². The first-order chi connectivity index (χ1) is 14.2. The summed E-state index contributed by atoms with van der Waals surface area (Å²) in [6, 6.07) is 27.0. The highest BCUT2D eigenvalue weighted by atomic mass is 79.9. The van der Waals surface area contributed by atoms with Gasteiger partial charge in [-0.3, -0.25) is 4.57 Å². The third-order valence-corrected chi connectivity index (χ3v) is 5.33. The minimum atomic E-state index is -0.203. The van der Waals surface area contributed by atoms with Crippen molar-refractivity contribution in [2.75, 3.05) is 6.61 Å². The maximum atomic E-state index is 6.21. The number of hydrogen-bond acceptors (Lipinski definition) is 2. The number of imidazole rings is 1. The van der Waals surface area contributed by atoms with Crippen LogP contribution < -0.4 is 0 Å². The molecule has 146 valence electrons. The van der Waals surface area contributed by atoms with E-state index in [9.17, 15) is 0 Å². The molecule has 0 bridgehead atoms. The van der Waals surface area contributed by atoms with Crippen LogP contribution >= 0.6 is 15.9 Å². The second kappa shape index (κ2) is 8.76. The van der Waals surface area contributed by atoms with Crippen LogP contribution in [0.5, 0.6) is 0 Å². The summed E-state index contributed by atoms with van der Waals surface area (Å²) in [5.74, 6) is 0.905. The van der Waals surface area contributed by atoms with Crippen molar-refractivity contribution < 1.29 is 4.74 Å². The summed E-state index contributed by atoms with van der Waals surface area (Å²) in [6.45, 7) is 4.74. The maximum absolute atomic E-state index is 6.21. The van der Waals surface area contributed by atoms with Gasteiger partial charge in [-0.2, -0.15) is 0 Å². The first kappa shape index (κ1) is 19.6. The van der Waals surface area contributed by atoms with E-state index in [1.54, 1.807) is 0 Å². The van der Waals surface area contributed by atoms with Gasteiger partial charge in [0.25, 0.3) is 0 Å². The average molecular weight is 447 g/mol. The minimum Gasteiger partial charge on any atom is -0.367 e. The van der Waals surface area contributed by atoms with Gasteiger partial charge in [0, 0.05) is 22.3 Å². The van der Waals surface area contributed by atoms with Crippen LogP contribution in [0.2, 0.25) is 0 Å². The number of halogens is 1. The van der Waals surface area contributed by atoms with E-state index in [0.29, 0.717) is 6.61 Å². The molecule has 0 amide bonds. The van der Waals surface area contributed by atoms with Crippen molar-refractivity contribution in [1.29, 1.82) is 0 Å². The highest BCUT2D eigenvalue weighted by molar-refractivity contribution is 9.10. The SMILES string of the molecule is CCOC(c1ccccc1)c1cnc(-c2cccc(C)c2)n1-c1cccc(Br)c1. The molecular formula is C25H23BrN2O. The molecule has 29 heavy (non-hydrogen) atoms. The predicted molar refractivity (Wildman–Crippen MR) is 121 cm³/mol. The molecule has 3 aromatic carbocycles. The van der Waals surface area contributed by atoms with Crippen LogP contribution in [0.3, 0.4) is 0 Å². The van der Waals surface area contributed by atoms with Crippen LogP contribution in [0.4, 0.5) is 0 Å². The molecule has 3 nitrogen and oxygen atoms in total. The quantitative estimate of drug-likeness (QED) is 0.328. The van der Waals surface area contributed by atoms with E-state index in [4.69, 9.17) is 9.72 Å². The molecule has 1 unspecified atom stereocenters. The van der Waals surface area contributed by atoms with E-state index in [2.05, 4.69) is 76.0 Å². The summed E-state index contributed by atoms with van der Waals surface area (Å²) in [6.07, 6.45) is 1.73. The lowest BCUT2D eigenvalue weighted by Crippen LogP contribution is -2.12. The Morgan fingerprint density at radius 3 is 2.48 bits per heavy atom. The summed E-state index contributed by atoms with van der Waals surface area (Å²) < 4.78 is 9.43. The lowest BCUT2D eigenvalue weighted by Gasteiger charge is -2.21. The summed E-state index contributed by atoms with van der Waals surface area (Å²) >= 11 is 3.61. The lowest BCUT2D eigenvalue weighted by molar-refractivity contribution is 0.0873. The number of aryl methyl sites for hydroxylation is 1. The third kappa shape index (κ3) is 4.19. The smallest absolute Gasteiger partial charge is 0.144 e. The van der Waals surface area contributed by atoms with E-state index in [-0.39, 0.29) is 6.10 Å². The zero-order chi connectivity index (χ0) is 20.2. The van der Waals surface area contributed by atoms with Crippen molar-refractivity contribution in [3.05, 3.63) is 106 Å². The number of hydrogen-bond donors (Lipinski definition) is 0. The third-order valence-electron chi connectivity index (χ3n) is 4.84. The van der Waals surface area contributed by atoms with Gasteiger partial charge in [0.05, 0.1) is 11.9 Å². The Balaban J connectivity index is 1.94. The molecule has 0 spiro atoms. The van der Waals surface area contributed by atoms with E-state index >= 15 is 0 Å². The standard InChI is InChI=1S/C25H23BrN2O/c1-3-29-24(19-10-5-4-6-11-19)23-17-27-25(20-12-7-9-18(2)15-20)28(23)22-14-8-13-21(26)16-22/h4-17,24H,3H2,1-2H3. The molecule has 0 saturated heterocycles. The number of rotatable bonds is 6. The monoisotopic (exact) mass is 446 g/mol. The molecule has 0 fully saturated rings. The molecule has 1 atom stereocenters. The summed E-state index contributed by atoms with van der Waals surface area (Å²) in [5.41, 5.74) is 5.45. The number of nitrogens with zero attached hydrogens (tertiary/aromatic N) is 2. The molecule has 0 radical (unpaired) electrons. The minimum absolute atomic E-state index is 0.203. The highest BCUT2D eigenvalue weighted by Crippen LogP contribution is 2.33. The van der Waals surface area contributed by atoms with Crippen molar-refractivity contribution >= 4 is 15.9 Å².